The van der Waals surface area contributed by atoms with E-state index in [0.717, 1.165) is 0 Å². The van der Waals surface area contributed by atoms with Gasteiger partial charge in [0.05, 0.1) is 16.1 Å². The van der Waals surface area contributed by atoms with Gasteiger partial charge in [-0.2, -0.15) is 26.3 Å². The Morgan fingerprint density at radius 2 is 1.60 bits per heavy atom. The zero-order valence-electron chi connectivity index (χ0n) is 19.2. The molecule has 0 aliphatic carbocycles. The highest BCUT2D eigenvalue weighted by atomic mass is 35.5. The number of aromatic nitrogens is 2. The van der Waals surface area contributed by atoms with E-state index in [1.807, 2.05) is 5.43 Å². The molecule has 214 valence electrons. The van der Waals surface area contributed by atoms with E-state index in [4.69, 9.17) is 11.6 Å². The van der Waals surface area contributed by atoms with E-state index < -0.39 is 69.4 Å². The molecule has 2 N–H and O–H groups in total. The highest BCUT2D eigenvalue weighted by Crippen LogP contribution is 2.42. The van der Waals surface area contributed by atoms with Gasteiger partial charge in [0.2, 0.25) is 5.95 Å². The zero-order valence-corrected chi connectivity index (χ0v) is 20.0. The molecule has 1 unspecified atom stereocenters. The molecule has 1 heterocycles. The van der Waals surface area contributed by atoms with E-state index in [1.165, 1.54) is 18.5 Å². The van der Waals surface area contributed by atoms with Gasteiger partial charge in [0.1, 0.15) is 17.5 Å². The van der Waals surface area contributed by atoms with Crippen LogP contribution in [0.25, 0.3) is 5.83 Å². The average molecular weight is 603 g/mol. The molecule has 0 saturated heterocycles. The molecular weight excluding hydrogens is 590 g/mol. The zero-order chi connectivity index (χ0) is 29.9. The molecular formula is C23H13ClF10N4O2. The number of allylic oxidation sites excluding steroid dienone is 1. The van der Waals surface area contributed by atoms with Gasteiger partial charge < -0.3 is 4.74 Å². The van der Waals surface area contributed by atoms with Crippen molar-refractivity contribution < 1.29 is 53.4 Å². The first kappa shape index (κ1) is 30.5. The summed E-state index contributed by atoms with van der Waals surface area (Å²) in [6.45, 7) is 0. The van der Waals surface area contributed by atoms with Crippen molar-refractivity contribution in [2.45, 2.75) is 24.6 Å². The van der Waals surface area contributed by atoms with Crippen LogP contribution in [0.3, 0.4) is 0 Å². The summed E-state index contributed by atoms with van der Waals surface area (Å²) in [5.41, 5.74) is -0.616. The van der Waals surface area contributed by atoms with Crippen LogP contribution < -0.4 is 15.6 Å². The first-order chi connectivity index (χ1) is 18.5. The van der Waals surface area contributed by atoms with Crippen LogP contribution in [0.4, 0.5) is 49.9 Å². The molecule has 0 spiro atoms. The first-order valence-corrected chi connectivity index (χ1v) is 10.9. The van der Waals surface area contributed by atoms with Crippen LogP contribution in [0.2, 0.25) is 5.02 Å². The van der Waals surface area contributed by atoms with E-state index in [9.17, 15) is 48.7 Å². The number of hydrogen-bond donors (Lipinski definition) is 2. The molecule has 1 atom stereocenters. The van der Waals surface area contributed by atoms with Crippen molar-refractivity contribution in [3.05, 3.63) is 88.2 Å². The predicted molar refractivity (Wildman–Crippen MR) is 121 cm³/mol. The van der Waals surface area contributed by atoms with Crippen LogP contribution in [0.1, 0.15) is 33.0 Å². The van der Waals surface area contributed by atoms with Crippen molar-refractivity contribution in [3.63, 3.8) is 0 Å². The lowest BCUT2D eigenvalue weighted by atomic mass is 9.95. The molecule has 0 saturated carbocycles. The number of carbonyl (C=O) groups is 1. The van der Waals surface area contributed by atoms with E-state index >= 15 is 0 Å². The Morgan fingerprint density at radius 1 is 0.950 bits per heavy atom. The number of carbonyl (C=O) groups excluding carboxylic acids is 1. The lowest BCUT2D eigenvalue weighted by molar-refractivity contribution is -0.274. The summed E-state index contributed by atoms with van der Waals surface area (Å²) < 4.78 is 139. The van der Waals surface area contributed by atoms with E-state index in [2.05, 4.69) is 20.1 Å². The van der Waals surface area contributed by atoms with Crippen LogP contribution in [0.5, 0.6) is 5.75 Å². The largest absolute Gasteiger partial charge is 0.573 e. The average Bonchev–Trinajstić information content (AvgIpc) is 2.85. The maximum atomic E-state index is 14.9. The Bertz CT molecular complexity index is 1390. The van der Waals surface area contributed by atoms with Gasteiger partial charge in [0, 0.05) is 18.0 Å². The number of nitrogens with zero attached hydrogens (tertiary/aromatic N) is 2. The molecule has 0 aliphatic rings. The number of rotatable bonds is 7. The summed E-state index contributed by atoms with van der Waals surface area (Å²) in [6, 6.07) is 4.22. The Morgan fingerprint density at radius 3 is 2.17 bits per heavy atom. The molecule has 0 bridgehead atoms. The fourth-order valence-corrected chi connectivity index (χ4v) is 3.36. The minimum absolute atomic E-state index is 0.104. The van der Waals surface area contributed by atoms with Gasteiger partial charge in [-0.25, -0.2) is 14.4 Å². The molecule has 3 aromatic rings. The van der Waals surface area contributed by atoms with Gasteiger partial charge in [-0.3, -0.25) is 15.6 Å². The number of anilines is 1. The third-order valence-corrected chi connectivity index (χ3v) is 5.22. The standard InChI is InChI=1S/C23H13ClF10N4O2/c24-16-5-3-11(9-18(16)40-23(32,33)34)14(21(26,27)28)10-17(25)12-2-4-13(15(8-12)22(29,30)31)19(39)37-38-20-35-6-1-7-36-20/h1-10,14H,(H,37,39)(H,35,36,38)/b17-10-. The maximum Gasteiger partial charge on any atom is 0.573 e. The molecule has 0 fully saturated rings. The Hall–Kier alpha value is -4.08. The summed E-state index contributed by atoms with van der Waals surface area (Å²) in [5, 5.41) is -0.705. The highest BCUT2D eigenvalue weighted by Gasteiger charge is 2.41. The summed E-state index contributed by atoms with van der Waals surface area (Å²) in [6.07, 6.45) is -13.5. The number of hydrogen-bond acceptors (Lipinski definition) is 5. The number of amides is 1. The molecule has 1 aromatic heterocycles. The smallest absolute Gasteiger partial charge is 0.404 e. The second-order valence-electron chi connectivity index (χ2n) is 7.68. The number of benzene rings is 2. The third-order valence-electron chi connectivity index (χ3n) is 4.90. The molecule has 0 aliphatic heterocycles. The van der Waals surface area contributed by atoms with Crippen LogP contribution in [-0.2, 0) is 6.18 Å². The number of alkyl halides is 9. The third kappa shape index (κ3) is 7.97. The second-order valence-corrected chi connectivity index (χ2v) is 8.09. The molecule has 6 nitrogen and oxygen atoms in total. The molecule has 40 heavy (non-hydrogen) atoms. The van der Waals surface area contributed by atoms with Crippen LogP contribution in [-0.4, -0.2) is 28.4 Å². The minimum Gasteiger partial charge on any atom is -0.404 e. The van der Waals surface area contributed by atoms with Crippen molar-refractivity contribution in [1.29, 1.82) is 0 Å². The van der Waals surface area contributed by atoms with Crippen LogP contribution in [0.15, 0.2) is 60.9 Å². The Kier molecular flexibility index (Phi) is 8.81. The quantitative estimate of drug-likeness (QED) is 0.217. The van der Waals surface area contributed by atoms with Crippen LogP contribution in [0, 0.1) is 0 Å². The second kappa shape index (κ2) is 11.6. The lowest BCUT2D eigenvalue weighted by Crippen LogP contribution is -2.32. The number of hydrazine groups is 1. The maximum absolute atomic E-state index is 14.9. The SMILES string of the molecule is O=C(NNc1ncccn1)c1ccc(/C(F)=C/C(c2ccc(Cl)c(OC(F)(F)F)c2)C(F)(F)F)cc1C(F)(F)F. The van der Waals surface area contributed by atoms with Crippen molar-refractivity contribution >= 4 is 29.3 Å². The van der Waals surface area contributed by atoms with Crippen molar-refractivity contribution in [3.8, 4) is 5.75 Å². The number of ether oxygens (including phenoxy) is 1. The van der Waals surface area contributed by atoms with Gasteiger partial charge in [-0.15, -0.1) is 13.2 Å². The van der Waals surface area contributed by atoms with Gasteiger partial charge in [-0.1, -0.05) is 23.7 Å². The van der Waals surface area contributed by atoms with E-state index in [-0.39, 0.29) is 24.2 Å². The summed E-state index contributed by atoms with van der Waals surface area (Å²) in [4.78, 5) is 19.7. The monoisotopic (exact) mass is 602 g/mol. The molecule has 2 aromatic carbocycles. The van der Waals surface area contributed by atoms with Crippen LogP contribution >= 0.6 is 11.6 Å². The van der Waals surface area contributed by atoms with Crippen molar-refractivity contribution in [2.75, 3.05) is 5.43 Å². The first-order valence-electron chi connectivity index (χ1n) is 10.5. The van der Waals surface area contributed by atoms with Gasteiger partial charge in [0.25, 0.3) is 5.91 Å². The molecule has 3 rings (SSSR count). The fourth-order valence-electron chi connectivity index (χ4n) is 3.21. The Balaban J connectivity index is 1.98. The van der Waals surface area contributed by atoms with Gasteiger partial charge in [0.15, 0.2) is 0 Å². The normalized spacial score (nSPS) is 13.5. The summed E-state index contributed by atoms with van der Waals surface area (Å²) in [7, 11) is 0. The number of nitrogens with one attached hydrogen (secondary N) is 2. The summed E-state index contributed by atoms with van der Waals surface area (Å²) >= 11 is 5.53. The van der Waals surface area contributed by atoms with Gasteiger partial charge in [-0.05, 0) is 42.0 Å². The van der Waals surface area contributed by atoms with Crippen molar-refractivity contribution in [1.82, 2.24) is 15.4 Å². The molecule has 17 heteroatoms. The summed E-state index contributed by atoms with van der Waals surface area (Å²) in [5.74, 6) is -7.49. The number of halogens is 11. The topological polar surface area (TPSA) is 76.1 Å². The highest BCUT2D eigenvalue weighted by molar-refractivity contribution is 6.32. The van der Waals surface area contributed by atoms with Gasteiger partial charge >= 0.3 is 18.7 Å². The van der Waals surface area contributed by atoms with E-state index in [0.29, 0.717) is 24.3 Å². The minimum atomic E-state index is -5.32. The molecule has 1 amide bonds. The predicted octanol–water partition coefficient (Wildman–Crippen LogP) is 7.46. The fraction of sp³-hybridized carbons (Fsp3) is 0.174. The lowest BCUT2D eigenvalue weighted by Gasteiger charge is -2.20. The van der Waals surface area contributed by atoms with E-state index in [1.54, 1.807) is 0 Å². The Labute approximate surface area is 222 Å². The van der Waals surface area contributed by atoms with Crippen molar-refractivity contribution in [2.24, 2.45) is 0 Å². The molecule has 0 radical (unpaired) electrons.